The van der Waals surface area contributed by atoms with E-state index in [9.17, 15) is 9.59 Å². The van der Waals surface area contributed by atoms with E-state index >= 15 is 0 Å². The first-order valence-corrected chi connectivity index (χ1v) is 6.25. The van der Waals surface area contributed by atoms with Gasteiger partial charge in [-0.3, -0.25) is 14.5 Å². The molecule has 0 saturated carbocycles. The SMILES string of the molecule is CCC1C(=O)NCCN1CC(Br)C(=O)OC. The largest absolute Gasteiger partial charge is 0.468 e. The van der Waals surface area contributed by atoms with Crippen LogP contribution < -0.4 is 5.32 Å². The molecule has 0 spiro atoms. The lowest BCUT2D eigenvalue weighted by Crippen LogP contribution is -2.56. The summed E-state index contributed by atoms with van der Waals surface area (Å²) in [5.74, 6) is -0.265. The fourth-order valence-corrected chi connectivity index (χ4v) is 2.39. The van der Waals surface area contributed by atoms with Crippen LogP contribution in [0.3, 0.4) is 0 Å². The third-order valence-electron chi connectivity index (χ3n) is 2.68. The zero-order valence-electron chi connectivity index (χ0n) is 9.53. The number of carbonyl (C=O) groups excluding carboxylic acids is 2. The van der Waals surface area contributed by atoms with Crippen LogP contribution in [-0.2, 0) is 14.3 Å². The molecule has 1 heterocycles. The number of alkyl halides is 1. The Morgan fingerprint density at radius 2 is 2.44 bits per heavy atom. The van der Waals surface area contributed by atoms with Gasteiger partial charge in [0.05, 0.1) is 13.2 Å². The Labute approximate surface area is 104 Å². The van der Waals surface area contributed by atoms with Crippen molar-refractivity contribution in [3.63, 3.8) is 0 Å². The van der Waals surface area contributed by atoms with Crippen LogP contribution >= 0.6 is 15.9 Å². The van der Waals surface area contributed by atoms with Gasteiger partial charge < -0.3 is 10.1 Å². The molecule has 2 unspecified atom stereocenters. The molecule has 5 nitrogen and oxygen atoms in total. The van der Waals surface area contributed by atoms with Gasteiger partial charge in [0.15, 0.2) is 0 Å². The first-order valence-electron chi connectivity index (χ1n) is 5.33. The number of halogens is 1. The maximum Gasteiger partial charge on any atom is 0.320 e. The van der Waals surface area contributed by atoms with Crippen molar-refractivity contribution in [2.24, 2.45) is 0 Å². The zero-order valence-corrected chi connectivity index (χ0v) is 11.1. The number of rotatable bonds is 4. The van der Waals surface area contributed by atoms with E-state index in [1.807, 2.05) is 11.8 Å². The van der Waals surface area contributed by atoms with E-state index in [0.29, 0.717) is 13.1 Å². The first kappa shape index (κ1) is 13.4. The Hall–Kier alpha value is -0.620. The van der Waals surface area contributed by atoms with Gasteiger partial charge in [0.2, 0.25) is 5.91 Å². The molecule has 1 saturated heterocycles. The molecule has 2 atom stereocenters. The molecule has 1 amide bonds. The van der Waals surface area contributed by atoms with Gasteiger partial charge in [-0.05, 0) is 6.42 Å². The summed E-state index contributed by atoms with van der Waals surface area (Å²) in [6.07, 6.45) is 0.743. The molecule has 1 aliphatic rings. The van der Waals surface area contributed by atoms with Crippen LogP contribution in [0.25, 0.3) is 0 Å². The number of piperazine rings is 1. The second-order valence-electron chi connectivity index (χ2n) is 3.70. The van der Waals surface area contributed by atoms with Crippen molar-refractivity contribution < 1.29 is 14.3 Å². The lowest BCUT2D eigenvalue weighted by atomic mass is 10.1. The highest BCUT2D eigenvalue weighted by atomic mass is 79.9. The van der Waals surface area contributed by atoms with Gasteiger partial charge in [-0.2, -0.15) is 0 Å². The van der Waals surface area contributed by atoms with Crippen molar-refractivity contribution >= 4 is 27.8 Å². The van der Waals surface area contributed by atoms with E-state index in [1.54, 1.807) is 0 Å². The Morgan fingerprint density at radius 3 is 3.00 bits per heavy atom. The highest BCUT2D eigenvalue weighted by molar-refractivity contribution is 9.10. The summed E-state index contributed by atoms with van der Waals surface area (Å²) in [7, 11) is 1.36. The van der Waals surface area contributed by atoms with Crippen LogP contribution in [0.5, 0.6) is 0 Å². The van der Waals surface area contributed by atoms with Crippen LogP contribution in [0.4, 0.5) is 0 Å². The fraction of sp³-hybridized carbons (Fsp3) is 0.800. The summed E-state index contributed by atoms with van der Waals surface area (Å²) in [6.45, 7) is 3.86. The molecule has 1 aliphatic heterocycles. The van der Waals surface area contributed by atoms with Crippen molar-refractivity contribution in [2.75, 3.05) is 26.7 Å². The van der Waals surface area contributed by atoms with Gasteiger partial charge >= 0.3 is 5.97 Å². The summed E-state index contributed by atoms with van der Waals surface area (Å²) in [5, 5.41) is 2.82. The van der Waals surface area contributed by atoms with Gasteiger partial charge in [0.25, 0.3) is 0 Å². The Morgan fingerprint density at radius 1 is 1.75 bits per heavy atom. The molecule has 0 bridgehead atoms. The van der Waals surface area contributed by atoms with Crippen LogP contribution in [0, 0.1) is 0 Å². The van der Waals surface area contributed by atoms with Crippen molar-refractivity contribution in [3.8, 4) is 0 Å². The molecule has 1 N–H and O–H groups in total. The quantitative estimate of drug-likeness (QED) is 0.591. The fourth-order valence-electron chi connectivity index (χ4n) is 1.83. The number of amides is 1. The van der Waals surface area contributed by atoms with Gasteiger partial charge in [0, 0.05) is 19.6 Å². The molecule has 1 rings (SSSR count). The van der Waals surface area contributed by atoms with Crippen LogP contribution in [-0.4, -0.2) is 54.4 Å². The minimum Gasteiger partial charge on any atom is -0.468 e. The van der Waals surface area contributed by atoms with Crippen molar-refractivity contribution in [3.05, 3.63) is 0 Å². The smallest absolute Gasteiger partial charge is 0.320 e. The molecule has 0 radical (unpaired) electrons. The standard InChI is InChI=1S/C10H17BrN2O3/c1-3-8-9(14)12-4-5-13(8)6-7(11)10(15)16-2/h7-8H,3-6H2,1-2H3,(H,12,14). The van der Waals surface area contributed by atoms with E-state index in [0.717, 1.165) is 13.0 Å². The van der Waals surface area contributed by atoms with Crippen molar-refractivity contribution in [1.29, 1.82) is 0 Å². The molecule has 1 fully saturated rings. The number of esters is 1. The number of carbonyl (C=O) groups is 2. The molecule has 92 valence electrons. The van der Waals surface area contributed by atoms with E-state index in [-0.39, 0.29) is 22.7 Å². The molecule has 0 aromatic carbocycles. The van der Waals surface area contributed by atoms with Crippen LogP contribution in [0.2, 0.25) is 0 Å². The van der Waals surface area contributed by atoms with Crippen LogP contribution in [0.15, 0.2) is 0 Å². The summed E-state index contributed by atoms with van der Waals surface area (Å²) in [4.78, 5) is 24.5. The number of ether oxygens (including phenoxy) is 1. The van der Waals surface area contributed by atoms with E-state index in [4.69, 9.17) is 0 Å². The van der Waals surface area contributed by atoms with Gasteiger partial charge in [-0.1, -0.05) is 22.9 Å². The minimum absolute atomic E-state index is 0.0401. The van der Waals surface area contributed by atoms with Gasteiger partial charge in [0.1, 0.15) is 4.83 Å². The number of hydrogen-bond acceptors (Lipinski definition) is 4. The third-order valence-corrected chi connectivity index (χ3v) is 3.34. The van der Waals surface area contributed by atoms with E-state index in [1.165, 1.54) is 7.11 Å². The maximum absolute atomic E-state index is 11.6. The second kappa shape index (κ2) is 6.20. The number of nitrogens with zero attached hydrogens (tertiary/aromatic N) is 1. The highest BCUT2D eigenvalue weighted by Crippen LogP contribution is 2.12. The average Bonchev–Trinajstić information content (AvgIpc) is 2.28. The molecule has 6 heteroatoms. The lowest BCUT2D eigenvalue weighted by molar-refractivity contribution is -0.141. The summed E-state index contributed by atoms with van der Waals surface area (Å²) >= 11 is 3.27. The average molecular weight is 293 g/mol. The minimum atomic E-state index is -0.377. The number of methoxy groups -OCH3 is 1. The van der Waals surface area contributed by atoms with E-state index < -0.39 is 0 Å². The predicted molar refractivity (Wildman–Crippen MR) is 63.4 cm³/mol. The Kier molecular flexibility index (Phi) is 5.21. The topological polar surface area (TPSA) is 58.6 Å². The Bertz CT molecular complexity index is 273. The number of nitrogens with one attached hydrogen (secondary N) is 1. The van der Waals surface area contributed by atoms with Crippen LogP contribution in [0.1, 0.15) is 13.3 Å². The summed E-state index contributed by atoms with van der Waals surface area (Å²) in [5.41, 5.74) is 0. The number of hydrogen-bond donors (Lipinski definition) is 1. The van der Waals surface area contributed by atoms with Crippen molar-refractivity contribution in [2.45, 2.75) is 24.2 Å². The summed E-state index contributed by atoms with van der Waals surface area (Å²) in [6, 6.07) is -0.140. The molecular weight excluding hydrogens is 276 g/mol. The monoisotopic (exact) mass is 292 g/mol. The normalized spacial score (nSPS) is 23.7. The molecular formula is C10H17BrN2O3. The lowest BCUT2D eigenvalue weighted by Gasteiger charge is -2.35. The maximum atomic E-state index is 11.6. The zero-order chi connectivity index (χ0) is 12.1. The predicted octanol–water partition coefficient (Wildman–Crippen LogP) is 0.133. The molecule has 0 aromatic heterocycles. The summed E-state index contributed by atoms with van der Waals surface area (Å²) < 4.78 is 4.64. The highest BCUT2D eigenvalue weighted by Gasteiger charge is 2.30. The van der Waals surface area contributed by atoms with Crippen molar-refractivity contribution in [1.82, 2.24) is 10.2 Å². The third kappa shape index (κ3) is 3.18. The molecule has 0 aromatic rings. The second-order valence-corrected chi connectivity index (χ2v) is 4.81. The first-order chi connectivity index (χ1) is 7.60. The van der Waals surface area contributed by atoms with Gasteiger partial charge in [-0.15, -0.1) is 0 Å². The Balaban J connectivity index is 2.57. The van der Waals surface area contributed by atoms with E-state index in [2.05, 4.69) is 26.0 Å². The molecule has 16 heavy (non-hydrogen) atoms. The molecule has 0 aliphatic carbocycles. The van der Waals surface area contributed by atoms with Gasteiger partial charge in [-0.25, -0.2) is 0 Å².